The van der Waals surface area contributed by atoms with Crippen molar-refractivity contribution in [2.24, 2.45) is 0 Å². The van der Waals surface area contributed by atoms with Crippen molar-refractivity contribution in [3.63, 3.8) is 0 Å². The number of carboxylic acid groups (broad SMARTS) is 1. The number of urea groups is 1. The number of benzene rings is 2. The molecule has 0 saturated carbocycles. The van der Waals surface area contributed by atoms with E-state index in [4.69, 9.17) is 9.84 Å². The Labute approximate surface area is 191 Å². The molecule has 2 aromatic carbocycles. The number of nitrogens with zero attached hydrogens (tertiary/aromatic N) is 2. The molecule has 1 heterocycles. The summed E-state index contributed by atoms with van der Waals surface area (Å²) in [6.07, 6.45) is 2.29. The average Bonchev–Trinajstić information content (AvgIpc) is 2.78. The quantitative estimate of drug-likeness (QED) is 0.625. The van der Waals surface area contributed by atoms with E-state index in [0.29, 0.717) is 11.4 Å². The third-order valence-corrected chi connectivity index (χ3v) is 5.15. The molecule has 0 aliphatic carbocycles. The summed E-state index contributed by atoms with van der Waals surface area (Å²) in [4.78, 5) is 51.9. The Morgan fingerprint density at radius 2 is 1.91 bits per heavy atom. The zero-order valence-electron chi connectivity index (χ0n) is 18.6. The van der Waals surface area contributed by atoms with Crippen molar-refractivity contribution < 1.29 is 29.0 Å². The van der Waals surface area contributed by atoms with Crippen LogP contribution in [0.1, 0.15) is 12.0 Å². The van der Waals surface area contributed by atoms with Gasteiger partial charge in [-0.1, -0.05) is 18.2 Å². The fourth-order valence-corrected chi connectivity index (χ4v) is 3.52. The van der Waals surface area contributed by atoms with Gasteiger partial charge in [-0.15, -0.1) is 0 Å². The first kappa shape index (κ1) is 23.5. The Hall–Kier alpha value is -4.14. The van der Waals surface area contributed by atoms with Crippen molar-refractivity contribution in [3.8, 4) is 16.9 Å². The van der Waals surface area contributed by atoms with E-state index in [1.54, 1.807) is 19.2 Å². The van der Waals surface area contributed by atoms with E-state index in [9.17, 15) is 19.2 Å². The van der Waals surface area contributed by atoms with Crippen LogP contribution in [0.5, 0.6) is 5.75 Å². The van der Waals surface area contributed by atoms with E-state index in [0.717, 1.165) is 21.6 Å². The van der Waals surface area contributed by atoms with Crippen molar-refractivity contribution in [2.75, 3.05) is 25.6 Å². The molecule has 0 bridgehead atoms. The Morgan fingerprint density at radius 1 is 1.15 bits per heavy atom. The normalized spacial score (nSPS) is 15.4. The maximum absolute atomic E-state index is 13.1. The van der Waals surface area contributed by atoms with Gasteiger partial charge >= 0.3 is 12.0 Å². The summed E-state index contributed by atoms with van der Waals surface area (Å²) in [5, 5.41) is 11.4. The van der Waals surface area contributed by atoms with Crippen molar-refractivity contribution in [3.05, 3.63) is 60.3 Å². The van der Waals surface area contributed by atoms with Crippen LogP contribution in [0.25, 0.3) is 11.1 Å². The molecule has 33 heavy (non-hydrogen) atoms. The molecule has 0 radical (unpaired) electrons. The zero-order chi connectivity index (χ0) is 24.1. The van der Waals surface area contributed by atoms with E-state index < -0.39 is 29.7 Å². The number of carbonyl (C=O) groups is 4. The fraction of sp³-hybridized carbons (Fsp3) is 0.250. The average molecular weight is 451 g/mol. The summed E-state index contributed by atoms with van der Waals surface area (Å²) in [6, 6.07) is 10.5. The van der Waals surface area contributed by atoms with Crippen molar-refractivity contribution in [1.82, 2.24) is 10.2 Å². The smallest absolute Gasteiger partial charge is 0.323 e. The number of aryl methyl sites for hydroxylation is 1. The number of methoxy groups -OCH3 is 1. The number of likely N-dealkylation sites (N-methyl/N-ethyl adjacent to an activating group) is 1. The van der Waals surface area contributed by atoms with Crippen LogP contribution in [0.15, 0.2) is 54.7 Å². The molecule has 172 valence electrons. The predicted octanol–water partition coefficient (Wildman–Crippen LogP) is 2.58. The van der Waals surface area contributed by atoms with E-state index in [-0.39, 0.29) is 13.0 Å². The molecule has 9 nitrogen and oxygen atoms in total. The highest BCUT2D eigenvalue weighted by Gasteiger charge is 2.39. The number of hydrogen-bond donors (Lipinski definition) is 2. The van der Waals surface area contributed by atoms with Crippen LogP contribution in [0, 0.1) is 6.92 Å². The van der Waals surface area contributed by atoms with Crippen molar-refractivity contribution in [2.45, 2.75) is 19.4 Å². The molecule has 0 aromatic heterocycles. The molecule has 3 rings (SSSR count). The molecule has 1 aliphatic rings. The summed E-state index contributed by atoms with van der Waals surface area (Å²) < 4.78 is 5.30. The SMILES string of the molecule is COc1cccc(-c2cc(C)cc(N(C(=O)NCCC(=O)O)[C@H]3C(=O)C=CN(C)C3=O)c2)c1. The topological polar surface area (TPSA) is 116 Å². The molecule has 9 heteroatoms. The van der Waals surface area contributed by atoms with Gasteiger partial charge in [0.05, 0.1) is 13.5 Å². The number of hydrogen-bond acceptors (Lipinski definition) is 5. The van der Waals surface area contributed by atoms with Crippen LogP contribution in [0.4, 0.5) is 10.5 Å². The fourth-order valence-electron chi connectivity index (χ4n) is 3.52. The number of anilines is 1. The molecule has 0 fully saturated rings. The minimum atomic E-state index is -1.41. The van der Waals surface area contributed by atoms with Crippen molar-refractivity contribution >= 4 is 29.4 Å². The number of rotatable bonds is 7. The third-order valence-electron chi connectivity index (χ3n) is 5.15. The predicted molar refractivity (Wildman–Crippen MR) is 122 cm³/mol. The van der Waals surface area contributed by atoms with Gasteiger partial charge in [0.1, 0.15) is 5.75 Å². The van der Waals surface area contributed by atoms with Crippen LogP contribution >= 0.6 is 0 Å². The molecule has 3 amide bonds. The number of aliphatic carboxylic acids is 1. The first-order valence-electron chi connectivity index (χ1n) is 10.2. The molecule has 0 unspecified atom stereocenters. The molecular formula is C24H25N3O6. The monoisotopic (exact) mass is 451 g/mol. The Kier molecular flexibility index (Phi) is 7.12. The Morgan fingerprint density at radius 3 is 2.61 bits per heavy atom. The zero-order valence-corrected chi connectivity index (χ0v) is 18.6. The molecule has 0 spiro atoms. The van der Waals surface area contributed by atoms with Gasteiger partial charge in [0.15, 0.2) is 11.8 Å². The molecule has 1 aliphatic heterocycles. The largest absolute Gasteiger partial charge is 0.497 e. The number of amides is 3. The number of carbonyl (C=O) groups excluding carboxylic acids is 3. The Bertz CT molecular complexity index is 1130. The second-order valence-electron chi connectivity index (χ2n) is 7.60. The van der Waals surface area contributed by atoms with Gasteiger partial charge in [-0.2, -0.15) is 0 Å². The number of ketones is 1. The lowest BCUT2D eigenvalue weighted by atomic mass is 10.00. The second kappa shape index (κ2) is 9.99. The standard InChI is InChI=1S/C24H25N3O6/c1-15-11-17(16-5-4-6-19(14-16)33-3)13-18(12-15)27(24(32)25-9-7-21(29)30)22-20(28)8-10-26(2)23(22)31/h4-6,8,10-14,22H,7,9H2,1-3H3,(H,25,32)(H,29,30)/t22-/m0/s1. The Balaban J connectivity index is 2.08. The molecule has 2 aromatic rings. The van der Waals surface area contributed by atoms with Gasteiger partial charge in [0, 0.05) is 31.6 Å². The van der Waals surface area contributed by atoms with Crippen LogP contribution in [0.3, 0.4) is 0 Å². The van der Waals surface area contributed by atoms with Crippen molar-refractivity contribution in [1.29, 1.82) is 0 Å². The molecule has 0 saturated heterocycles. The summed E-state index contributed by atoms with van der Waals surface area (Å²) in [5.74, 6) is -1.54. The number of nitrogens with one attached hydrogen (secondary N) is 1. The van der Waals surface area contributed by atoms with Gasteiger partial charge < -0.3 is 20.1 Å². The lowest BCUT2D eigenvalue weighted by Crippen LogP contribution is -2.57. The lowest BCUT2D eigenvalue weighted by Gasteiger charge is -2.33. The van der Waals surface area contributed by atoms with Crippen LogP contribution in [-0.4, -0.2) is 60.4 Å². The van der Waals surface area contributed by atoms with Crippen LogP contribution in [0.2, 0.25) is 0 Å². The molecule has 1 atom stereocenters. The lowest BCUT2D eigenvalue weighted by molar-refractivity contribution is -0.137. The second-order valence-corrected chi connectivity index (χ2v) is 7.60. The van der Waals surface area contributed by atoms with E-state index in [1.807, 2.05) is 37.3 Å². The van der Waals surface area contributed by atoms with Gasteiger partial charge in [0.2, 0.25) is 0 Å². The minimum absolute atomic E-state index is 0.153. The van der Waals surface area contributed by atoms with E-state index >= 15 is 0 Å². The highest BCUT2D eigenvalue weighted by atomic mass is 16.5. The summed E-state index contributed by atoms with van der Waals surface area (Å²) in [5.41, 5.74) is 2.71. The van der Waals surface area contributed by atoms with Crippen LogP contribution in [-0.2, 0) is 14.4 Å². The first-order valence-corrected chi connectivity index (χ1v) is 10.2. The summed E-state index contributed by atoms with van der Waals surface area (Å²) >= 11 is 0. The minimum Gasteiger partial charge on any atom is -0.497 e. The van der Waals surface area contributed by atoms with Gasteiger partial charge in [-0.05, 0) is 47.9 Å². The maximum Gasteiger partial charge on any atom is 0.323 e. The molecule has 2 N–H and O–H groups in total. The van der Waals surface area contributed by atoms with Gasteiger partial charge in [-0.3, -0.25) is 19.3 Å². The molecular weight excluding hydrogens is 426 g/mol. The summed E-state index contributed by atoms with van der Waals surface area (Å²) in [7, 11) is 3.06. The van der Waals surface area contributed by atoms with Crippen LogP contribution < -0.4 is 15.0 Å². The summed E-state index contributed by atoms with van der Waals surface area (Å²) in [6.45, 7) is 1.68. The number of ether oxygens (including phenoxy) is 1. The maximum atomic E-state index is 13.1. The number of carboxylic acids is 1. The van der Waals surface area contributed by atoms with Gasteiger partial charge in [-0.25, -0.2) is 4.79 Å². The first-order chi connectivity index (χ1) is 15.7. The van der Waals surface area contributed by atoms with Gasteiger partial charge in [0.25, 0.3) is 5.91 Å². The highest BCUT2D eigenvalue weighted by molar-refractivity contribution is 6.19. The highest BCUT2D eigenvalue weighted by Crippen LogP contribution is 2.31. The van der Waals surface area contributed by atoms with E-state index in [1.165, 1.54) is 24.2 Å². The van der Waals surface area contributed by atoms with E-state index in [2.05, 4.69) is 5.32 Å². The third kappa shape index (κ3) is 5.38.